The second kappa shape index (κ2) is 6.82. The van der Waals surface area contributed by atoms with Crippen LogP contribution < -0.4 is 5.32 Å². The molecule has 1 heterocycles. The SMILES string of the molecule is CC(NCc1ccccc1CC(=O)O)c1cccnc1. The Bertz CT molecular complexity index is 570. The number of hydrogen-bond acceptors (Lipinski definition) is 3. The maximum Gasteiger partial charge on any atom is 0.307 e. The zero-order valence-corrected chi connectivity index (χ0v) is 11.4. The van der Waals surface area contributed by atoms with Crippen molar-refractivity contribution in [2.45, 2.75) is 25.9 Å². The first kappa shape index (κ1) is 14.2. The topological polar surface area (TPSA) is 62.2 Å². The van der Waals surface area contributed by atoms with E-state index in [9.17, 15) is 4.79 Å². The van der Waals surface area contributed by atoms with Crippen molar-refractivity contribution in [3.63, 3.8) is 0 Å². The lowest BCUT2D eigenvalue weighted by Crippen LogP contribution is -2.19. The molecule has 1 aromatic carbocycles. The summed E-state index contributed by atoms with van der Waals surface area (Å²) >= 11 is 0. The molecular weight excluding hydrogens is 252 g/mol. The normalized spacial score (nSPS) is 12.1. The first-order valence-electron chi connectivity index (χ1n) is 6.58. The van der Waals surface area contributed by atoms with E-state index in [1.165, 1.54) is 0 Å². The second-order valence-corrected chi connectivity index (χ2v) is 4.73. The molecule has 0 saturated heterocycles. The average Bonchev–Trinajstić information content (AvgIpc) is 2.46. The van der Waals surface area contributed by atoms with E-state index in [1.54, 1.807) is 6.20 Å². The highest BCUT2D eigenvalue weighted by molar-refractivity contribution is 5.70. The van der Waals surface area contributed by atoms with Gasteiger partial charge in [0.25, 0.3) is 0 Å². The lowest BCUT2D eigenvalue weighted by molar-refractivity contribution is -0.136. The Labute approximate surface area is 118 Å². The standard InChI is InChI=1S/C16H18N2O2/c1-12(14-7-4-8-17-10-14)18-11-15-6-3-2-5-13(15)9-16(19)20/h2-8,10,12,18H,9,11H2,1H3,(H,19,20). The van der Waals surface area contributed by atoms with Crippen molar-refractivity contribution in [1.29, 1.82) is 0 Å². The van der Waals surface area contributed by atoms with Crippen molar-refractivity contribution in [3.8, 4) is 0 Å². The molecule has 1 unspecified atom stereocenters. The van der Waals surface area contributed by atoms with Gasteiger partial charge in [0, 0.05) is 25.0 Å². The summed E-state index contributed by atoms with van der Waals surface area (Å²) in [7, 11) is 0. The van der Waals surface area contributed by atoms with Crippen LogP contribution >= 0.6 is 0 Å². The van der Waals surface area contributed by atoms with Gasteiger partial charge < -0.3 is 10.4 Å². The van der Waals surface area contributed by atoms with Gasteiger partial charge in [-0.1, -0.05) is 30.3 Å². The number of aliphatic carboxylic acids is 1. The number of nitrogens with zero attached hydrogens (tertiary/aromatic N) is 1. The molecule has 2 N–H and O–H groups in total. The molecule has 2 aromatic rings. The molecule has 0 aliphatic heterocycles. The van der Waals surface area contributed by atoms with Crippen LogP contribution in [0.2, 0.25) is 0 Å². The molecule has 0 amide bonds. The van der Waals surface area contributed by atoms with Crippen molar-refractivity contribution in [1.82, 2.24) is 10.3 Å². The van der Waals surface area contributed by atoms with Gasteiger partial charge in [-0.25, -0.2) is 0 Å². The average molecular weight is 270 g/mol. The molecule has 20 heavy (non-hydrogen) atoms. The molecule has 0 spiro atoms. The van der Waals surface area contributed by atoms with Crippen LogP contribution in [0.4, 0.5) is 0 Å². The number of carboxylic acid groups (broad SMARTS) is 1. The maximum absolute atomic E-state index is 10.9. The van der Waals surface area contributed by atoms with Crippen LogP contribution in [0.3, 0.4) is 0 Å². The quantitative estimate of drug-likeness (QED) is 0.847. The van der Waals surface area contributed by atoms with Crippen molar-refractivity contribution in [2.75, 3.05) is 0 Å². The summed E-state index contributed by atoms with van der Waals surface area (Å²) in [5.74, 6) is -0.808. The molecule has 0 aliphatic rings. The molecule has 4 heteroatoms. The van der Waals surface area contributed by atoms with Gasteiger partial charge in [0.15, 0.2) is 0 Å². The third-order valence-corrected chi connectivity index (χ3v) is 3.24. The summed E-state index contributed by atoms with van der Waals surface area (Å²) in [6.45, 7) is 2.70. The van der Waals surface area contributed by atoms with Crippen LogP contribution in [-0.2, 0) is 17.8 Å². The molecule has 0 aliphatic carbocycles. The van der Waals surface area contributed by atoms with E-state index in [2.05, 4.69) is 17.2 Å². The predicted molar refractivity (Wildman–Crippen MR) is 77.3 cm³/mol. The Kier molecular flexibility index (Phi) is 4.85. The molecule has 4 nitrogen and oxygen atoms in total. The zero-order chi connectivity index (χ0) is 14.4. The van der Waals surface area contributed by atoms with E-state index < -0.39 is 5.97 Å². The molecule has 0 bridgehead atoms. The van der Waals surface area contributed by atoms with Gasteiger partial charge in [-0.05, 0) is 29.7 Å². The number of hydrogen-bond donors (Lipinski definition) is 2. The lowest BCUT2D eigenvalue weighted by atomic mass is 10.0. The van der Waals surface area contributed by atoms with Gasteiger partial charge >= 0.3 is 5.97 Å². The minimum absolute atomic E-state index is 0.0547. The second-order valence-electron chi connectivity index (χ2n) is 4.73. The molecule has 1 aromatic heterocycles. The van der Waals surface area contributed by atoms with Crippen LogP contribution in [0.1, 0.15) is 29.7 Å². The van der Waals surface area contributed by atoms with Crippen LogP contribution in [0.5, 0.6) is 0 Å². The van der Waals surface area contributed by atoms with Gasteiger partial charge in [0.1, 0.15) is 0 Å². The summed E-state index contributed by atoms with van der Waals surface area (Å²) in [5.41, 5.74) is 2.99. The zero-order valence-electron chi connectivity index (χ0n) is 11.4. The monoisotopic (exact) mass is 270 g/mol. The van der Waals surface area contributed by atoms with Gasteiger partial charge in [-0.3, -0.25) is 9.78 Å². The molecule has 0 fully saturated rings. The highest BCUT2D eigenvalue weighted by Crippen LogP contribution is 2.14. The van der Waals surface area contributed by atoms with Crippen molar-refractivity contribution >= 4 is 5.97 Å². The fourth-order valence-electron chi connectivity index (χ4n) is 2.08. The van der Waals surface area contributed by atoms with E-state index in [0.29, 0.717) is 6.54 Å². The van der Waals surface area contributed by atoms with Gasteiger partial charge in [-0.2, -0.15) is 0 Å². The highest BCUT2D eigenvalue weighted by Gasteiger charge is 2.08. The van der Waals surface area contributed by atoms with Crippen LogP contribution in [-0.4, -0.2) is 16.1 Å². The fourth-order valence-corrected chi connectivity index (χ4v) is 2.08. The lowest BCUT2D eigenvalue weighted by Gasteiger charge is -2.15. The van der Waals surface area contributed by atoms with Crippen LogP contribution in [0.15, 0.2) is 48.8 Å². The summed E-state index contributed by atoms with van der Waals surface area (Å²) in [6, 6.07) is 11.7. The van der Waals surface area contributed by atoms with Crippen LogP contribution in [0.25, 0.3) is 0 Å². The fraction of sp³-hybridized carbons (Fsp3) is 0.250. The summed E-state index contributed by atoms with van der Waals surface area (Å²) < 4.78 is 0. The first-order valence-corrected chi connectivity index (χ1v) is 6.58. The molecular formula is C16H18N2O2. The Morgan fingerprint density at radius 1 is 1.25 bits per heavy atom. The minimum atomic E-state index is -0.808. The smallest absolute Gasteiger partial charge is 0.307 e. The third-order valence-electron chi connectivity index (χ3n) is 3.24. The predicted octanol–water partition coefficient (Wildman–Crippen LogP) is 2.56. The Hall–Kier alpha value is -2.20. The number of pyridine rings is 1. The Morgan fingerprint density at radius 3 is 2.65 bits per heavy atom. The Morgan fingerprint density at radius 2 is 2.00 bits per heavy atom. The molecule has 2 rings (SSSR count). The molecule has 0 saturated carbocycles. The van der Waals surface area contributed by atoms with Gasteiger partial charge in [0.05, 0.1) is 6.42 Å². The number of rotatable bonds is 6. The van der Waals surface area contributed by atoms with Gasteiger partial charge in [-0.15, -0.1) is 0 Å². The summed E-state index contributed by atoms with van der Waals surface area (Å²) in [5, 5.41) is 12.3. The third kappa shape index (κ3) is 3.90. The summed E-state index contributed by atoms with van der Waals surface area (Å²) in [4.78, 5) is 15.0. The van der Waals surface area contributed by atoms with Crippen molar-refractivity contribution < 1.29 is 9.90 Å². The van der Waals surface area contributed by atoms with Crippen molar-refractivity contribution in [3.05, 3.63) is 65.5 Å². The largest absolute Gasteiger partial charge is 0.481 e. The number of nitrogens with one attached hydrogen (secondary N) is 1. The van der Waals surface area contributed by atoms with Crippen molar-refractivity contribution in [2.24, 2.45) is 0 Å². The Balaban J connectivity index is 2.02. The maximum atomic E-state index is 10.9. The van der Waals surface area contributed by atoms with Gasteiger partial charge in [0.2, 0.25) is 0 Å². The van der Waals surface area contributed by atoms with E-state index in [1.807, 2.05) is 42.6 Å². The van der Waals surface area contributed by atoms with Crippen LogP contribution in [0, 0.1) is 0 Å². The first-order chi connectivity index (χ1) is 9.66. The molecule has 1 atom stereocenters. The van der Waals surface area contributed by atoms with E-state index in [-0.39, 0.29) is 12.5 Å². The number of aromatic nitrogens is 1. The minimum Gasteiger partial charge on any atom is -0.481 e. The van der Waals surface area contributed by atoms with E-state index in [0.717, 1.165) is 16.7 Å². The number of benzene rings is 1. The number of carboxylic acids is 1. The summed E-state index contributed by atoms with van der Waals surface area (Å²) in [6.07, 6.45) is 3.64. The van der Waals surface area contributed by atoms with E-state index in [4.69, 9.17) is 5.11 Å². The van der Waals surface area contributed by atoms with E-state index >= 15 is 0 Å². The number of carbonyl (C=O) groups is 1. The molecule has 0 radical (unpaired) electrons. The molecule has 104 valence electrons. The highest BCUT2D eigenvalue weighted by atomic mass is 16.4.